The number of nitrogens with zero attached hydrogens (tertiary/aromatic N) is 2. The van der Waals surface area contributed by atoms with Gasteiger partial charge in [0.25, 0.3) is 5.91 Å². The maximum absolute atomic E-state index is 13.7. The quantitative estimate of drug-likeness (QED) is 0.649. The maximum Gasteiger partial charge on any atom is 0.257 e. The minimum Gasteiger partial charge on any atom is -0.305 e. The summed E-state index contributed by atoms with van der Waals surface area (Å²) in [5, 5.41) is 6.62. The predicted molar refractivity (Wildman–Crippen MR) is 114 cm³/mol. The first kappa shape index (κ1) is 21.7. The highest BCUT2D eigenvalue weighted by molar-refractivity contribution is 7.92. The van der Waals surface area contributed by atoms with Gasteiger partial charge in [-0.2, -0.15) is 5.10 Å². The molecule has 2 aliphatic rings. The van der Waals surface area contributed by atoms with E-state index in [2.05, 4.69) is 10.4 Å². The predicted octanol–water partition coefficient (Wildman–Crippen LogP) is 3.95. The summed E-state index contributed by atoms with van der Waals surface area (Å²) in [7, 11) is -3.35. The van der Waals surface area contributed by atoms with Crippen molar-refractivity contribution < 1.29 is 22.0 Å². The molecule has 0 bridgehead atoms. The number of alkyl halides is 2. The van der Waals surface area contributed by atoms with Crippen molar-refractivity contribution in [2.24, 2.45) is 5.92 Å². The lowest BCUT2D eigenvalue weighted by Crippen LogP contribution is -2.16. The molecule has 0 aliphatic heterocycles. The average molecular weight is 450 g/mol. The van der Waals surface area contributed by atoms with Gasteiger partial charge in [0.1, 0.15) is 12.3 Å². The summed E-state index contributed by atoms with van der Waals surface area (Å²) in [5.41, 5.74) is 0.729. The number of nitrogens with one attached hydrogen (secondary N) is 1. The van der Waals surface area contributed by atoms with Gasteiger partial charge in [-0.25, -0.2) is 17.2 Å². The molecule has 1 amide bonds. The summed E-state index contributed by atoms with van der Waals surface area (Å²) in [4.78, 5) is 13.2. The van der Waals surface area contributed by atoms with Crippen molar-refractivity contribution >= 4 is 27.1 Å². The number of allylic oxidation sites excluding steroid dienone is 1. The first-order chi connectivity index (χ1) is 14.8. The van der Waals surface area contributed by atoms with Gasteiger partial charge in [-0.3, -0.25) is 9.48 Å². The van der Waals surface area contributed by atoms with E-state index < -0.39 is 34.0 Å². The maximum atomic E-state index is 13.7. The van der Waals surface area contributed by atoms with E-state index in [4.69, 9.17) is 0 Å². The van der Waals surface area contributed by atoms with Gasteiger partial charge >= 0.3 is 0 Å². The summed E-state index contributed by atoms with van der Waals surface area (Å²) in [6, 6.07) is 7.77. The zero-order chi connectivity index (χ0) is 22.2. The van der Waals surface area contributed by atoms with Gasteiger partial charge in [0.15, 0.2) is 15.7 Å². The van der Waals surface area contributed by atoms with Crippen LogP contribution in [0.5, 0.6) is 0 Å². The van der Waals surface area contributed by atoms with Gasteiger partial charge in [-0.15, -0.1) is 0 Å². The Kier molecular flexibility index (Phi) is 5.96. The van der Waals surface area contributed by atoms with E-state index in [0.717, 1.165) is 0 Å². The lowest BCUT2D eigenvalue weighted by atomic mass is 9.98. The number of carbonyl (C=O) groups excluding carboxylic acids is 1. The van der Waals surface area contributed by atoms with Crippen molar-refractivity contribution in [1.29, 1.82) is 0 Å². The third kappa shape index (κ3) is 4.71. The Morgan fingerprint density at radius 3 is 2.35 bits per heavy atom. The molecule has 6 nitrogen and oxygen atoms in total. The smallest absolute Gasteiger partial charge is 0.257 e. The molecule has 166 valence electrons. The number of hydrogen-bond donors (Lipinski definition) is 1. The second-order valence-corrected chi connectivity index (χ2v) is 10.4. The number of anilines is 1. The second-order valence-electron chi connectivity index (χ2n) is 8.12. The van der Waals surface area contributed by atoms with E-state index in [9.17, 15) is 22.0 Å². The summed E-state index contributed by atoms with van der Waals surface area (Å²) < 4.78 is 53.9. The topological polar surface area (TPSA) is 81.1 Å². The van der Waals surface area contributed by atoms with Gasteiger partial charge in [-0.1, -0.05) is 18.2 Å². The Hall–Kier alpha value is -2.55. The normalized spacial score (nSPS) is 24.4. The van der Waals surface area contributed by atoms with Crippen LogP contribution in [-0.4, -0.2) is 41.7 Å². The summed E-state index contributed by atoms with van der Waals surface area (Å²) in [6.45, 7) is 2.56. The summed E-state index contributed by atoms with van der Waals surface area (Å²) >= 11 is 0. The second kappa shape index (κ2) is 8.53. The molecule has 2 unspecified atom stereocenters. The molecule has 1 aromatic carbocycles. The van der Waals surface area contributed by atoms with E-state index in [1.165, 1.54) is 12.1 Å². The van der Waals surface area contributed by atoms with Crippen LogP contribution in [0.2, 0.25) is 0 Å². The number of rotatable bonds is 7. The van der Waals surface area contributed by atoms with Crippen molar-refractivity contribution in [2.75, 3.05) is 5.32 Å². The molecule has 1 N–H and O–H groups in total. The van der Waals surface area contributed by atoms with Crippen molar-refractivity contribution in [3.8, 4) is 0 Å². The van der Waals surface area contributed by atoms with Crippen LogP contribution in [-0.2, 0) is 21.2 Å². The monoisotopic (exact) mass is 449 g/mol. The zero-order valence-electron chi connectivity index (χ0n) is 17.2. The molecule has 0 spiro atoms. The molecule has 2 fully saturated rings. The van der Waals surface area contributed by atoms with Crippen molar-refractivity contribution in [2.45, 2.75) is 61.6 Å². The van der Waals surface area contributed by atoms with Crippen LogP contribution in [0.15, 0.2) is 47.5 Å². The number of hydrogen-bond acceptors (Lipinski definition) is 4. The summed E-state index contributed by atoms with van der Waals surface area (Å²) in [5.74, 6) is -0.519. The highest BCUT2D eigenvalue weighted by atomic mass is 32.2. The SMILES string of the molecule is CCn1ccc(NC(=O)/C(=C/C2CC(F)C(F)C2)c2ccc(S(=O)(=O)C3CC3)cc2)n1. The Labute approximate surface area is 180 Å². The minimum absolute atomic E-state index is 0.0105. The molecular formula is C22H25F2N3O3S. The summed E-state index contributed by atoms with van der Waals surface area (Å²) in [6.07, 6.45) is 1.58. The number of sulfone groups is 1. The molecule has 1 heterocycles. The van der Waals surface area contributed by atoms with Gasteiger partial charge in [-0.05, 0) is 56.2 Å². The molecule has 0 radical (unpaired) electrons. The standard InChI is InChI=1S/C22H25F2N3O3S/c1-2-27-10-9-21(26-27)25-22(28)18(11-14-12-19(23)20(24)13-14)15-3-5-16(6-4-15)31(29,30)17-7-8-17/h3-6,9-11,14,17,19-20H,2,7-8,12-13H2,1H3,(H,25,26,28)/b18-11+. The van der Waals surface area contributed by atoms with E-state index in [-0.39, 0.29) is 28.6 Å². The van der Waals surface area contributed by atoms with Crippen LogP contribution in [0.1, 0.15) is 38.2 Å². The zero-order valence-corrected chi connectivity index (χ0v) is 18.0. The van der Waals surface area contributed by atoms with Crippen LogP contribution in [0.25, 0.3) is 5.57 Å². The Balaban J connectivity index is 1.62. The van der Waals surface area contributed by atoms with Crippen LogP contribution >= 0.6 is 0 Å². The van der Waals surface area contributed by atoms with Crippen LogP contribution < -0.4 is 5.32 Å². The van der Waals surface area contributed by atoms with Crippen molar-refractivity contribution in [1.82, 2.24) is 9.78 Å². The Morgan fingerprint density at radius 2 is 1.81 bits per heavy atom. The third-order valence-electron chi connectivity index (χ3n) is 5.76. The van der Waals surface area contributed by atoms with Gasteiger partial charge in [0.2, 0.25) is 0 Å². The van der Waals surface area contributed by atoms with Crippen molar-refractivity contribution in [3.63, 3.8) is 0 Å². The van der Waals surface area contributed by atoms with Crippen LogP contribution in [0.4, 0.5) is 14.6 Å². The molecule has 4 rings (SSSR count). The number of halogens is 2. The number of aryl methyl sites for hydroxylation is 1. The van der Waals surface area contributed by atoms with Gasteiger partial charge < -0.3 is 5.32 Å². The van der Waals surface area contributed by atoms with E-state index in [1.54, 1.807) is 35.2 Å². The van der Waals surface area contributed by atoms with Crippen LogP contribution in [0, 0.1) is 5.92 Å². The Bertz CT molecular complexity index is 1080. The minimum atomic E-state index is -3.35. The first-order valence-corrected chi connectivity index (χ1v) is 12.0. The Morgan fingerprint density at radius 1 is 1.16 bits per heavy atom. The van der Waals surface area contributed by atoms with Crippen LogP contribution in [0.3, 0.4) is 0 Å². The van der Waals surface area contributed by atoms with Gasteiger partial charge in [0, 0.05) is 24.4 Å². The number of benzene rings is 1. The average Bonchev–Trinajstić information content (AvgIpc) is 3.45. The fourth-order valence-corrected chi connectivity index (χ4v) is 5.48. The third-order valence-corrected chi connectivity index (χ3v) is 8.04. The molecular weight excluding hydrogens is 424 g/mol. The number of aromatic nitrogens is 2. The molecule has 1 aromatic heterocycles. The van der Waals surface area contributed by atoms with E-state index in [0.29, 0.717) is 30.8 Å². The van der Waals surface area contributed by atoms with Crippen molar-refractivity contribution in [3.05, 3.63) is 48.2 Å². The lowest BCUT2D eigenvalue weighted by molar-refractivity contribution is -0.111. The van der Waals surface area contributed by atoms with Gasteiger partial charge in [0.05, 0.1) is 10.1 Å². The molecule has 2 atom stereocenters. The molecule has 2 aromatic rings. The fourth-order valence-electron chi connectivity index (χ4n) is 3.83. The molecule has 0 saturated heterocycles. The van der Waals surface area contributed by atoms with E-state index >= 15 is 0 Å². The molecule has 2 aliphatic carbocycles. The highest BCUT2D eigenvalue weighted by Gasteiger charge is 2.37. The number of carbonyl (C=O) groups is 1. The fraction of sp³-hybridized carbons (Fsp3) is 0.455. The first-order valence-electron chi connectivity index (χ1n) is 10.5. The van der Waals surface area contributed by atoms with E-state index in [1.807, 2.05) is 6.92 Å². The molecule has 9 heteroatoms. The lowest BCUT2D eigenvalue weighted by Gasteiger charge is -2.12. The molecule has 31 heavy (non-hydrogen) atoms. The molecule has 2 saturated carbocycles. The number of amides is 1. The largest absolute Gasteiger partial charge is 0.305 e. The highest BCUT2D eigenvalue weighted by Crippen LogP contribution is 2.36.